The van der Waals surface area contributed by atoms with Gasteiger partial charge < -0.3 is 11.1 Å². The lowest BCUT2D eigenvalue weighted by Crippen LogP contribution is -1.94. The van der Waals surface area contributed by atoms with Crippen LogP contribution in [0, 0.1) is 13.8 Å². The summed E-state index contributed by atoms with van der Waals surface area (Å²) < 4.78 is 0. The number of nitrogens with zero attached hydrogens (tertiary/aromatic N) is 1. The highest BCUT2D eigenvalue weighted by molar-refractivity contribution is 7.14. The maximum absolute atomic E-state index is 5.82. The van der Waals surface area contributed by atoms with Gasteiger partial charge in [0, 0.05) is 22.3 Å². The molecule has 0 fully saturated rings. The zero-order chi connectivity index (χ0) is 14.8. The summed E-state index contributed by atoms with van der Waals surface area (Å²) in [5.41, 5.74) is 12.2. The molecule has 0 bridgehead atoms. The molecular formula is C17H17N3S. The summed E-state index contributed by atoms with van der Waals surface area (Å²) in [5, 5.41) is 6.33. The minimum absolute atomic E-state index is 0.754. The molecule has 0 saturated carbocycles. The Morgan fingerprint density at radius 1 is 1.10 bits per heavy atom. The van der Waals surface area contributed by atoms with Crippen LogP contribution in [0.4, 0.5) is 16.5 Å². The van der Waals surface area contributed by atoms with Crippen LogP contribution in [0.5, 0.6) is 0 Å². The molecule has 0 aliphatic carbocycles. The molecule has 21 heavy (non-hydrogen) atoms. The van der Waals surface area contributed by atoms with E-state index in [4.69, 9.17) is 5.73 Å². The molecule has 1 aromatic heterocycles. The minimum Gasteiger partial charge on any atom is -0.399 e. The van der Waals surface area contributed by atoms with E-state index in [1.54, 1.807) is 11.3 Å². The van der Waals surface area contributed by atoms with Gasteiger partial charge in [-0.25, -0.2) is 4.98 Å². The molecule has 0 unspecified atom stereocenters. The van der Waals surface area contributed by atoms with E-state index in [1.807, 2.05) is 29.6 Å². The summed E-state index contributed by atoms with van der Waals surface area (Å²) in [4.78, 5) is 4.64. The monoisotopic (exact) mass is 295 g/mol. The number of thiazole rings is 1. The van der Waals surface area contributed by atoms with Crippen molar-refractivity contribution in [3.05, 3.63) is 59.0 Å². The van der Waals surface area contributed by atoms with E-state index in [0.717, 1.165) is 27.8 Å². The highest BCUT2D eigenvalue weighted by atomic mass is 32.1. The van der Waals surface area contributed by atoms with Crippen LogP contribution in [0.1, 0.15) is 11.1 Å². The largest absolute Gasteiger partial charge is 0.399 e. The molecule has 4 heteroatoms. The predicted molar refractivity (Wildman–Crippen MR) is 91.2 cm³/mol. The molecular weight excluding hydrogens is 278 g/mol. The second-order valence-electron chi connectivity index (χ2n) is 5.04. The fourth-order valence-corrected chi connectivity index (χ4v) is 2.90. The smallest absolute Gasteiger partial charge is 0.187 e. The highest BCUT2D eigenvalue weighted by Crippen LogP contribution is 2.29. The third kappa shape index (κ3) is 2.90. The van der Waals surface area contributed by atoms with Gasteiger partial charge in [-0.3, -0.25) is 0 Å². The fraction of sp³-hybridized carbons (Fsp3) is 0.118. The first-order chi connectivity index (χ1) is 10.1. The number of benzene rings is 2. The zero-order valence-corrected chi connectivity index (χ0v) is 12.9. The van der Waals surface area contributed by atoms with E-state index in [9.17, 15) is 0 Å². The zero-order valence-electron chi connectivity index (χ0n) is 12.1. The average Bonchev–Trinajstić information content (AvgIpc) is 2.93. The van der Waals surface area contributed by atoms with E-state index in [-0.39, 0.29) is 0 Å². The number of hydrogen-bond donors (Lipinski definition) is 2. The molecule has 3 N–H and O–H groups in total. The fourth-order valence-electron chi connectivity index (χ4n) is 2.16. The Balaban J connectivity index is 1.87. The van der Waals surface area contributed by atoms with Gasteiger partial charge in [0.05, 0.1) is 5.69 Å². The van der Waals surface area contributed by atoms with Gasteiger partial charge in [0.1, 0.15) is 0 Å². The third-order valence-corrected chi connectivity index (χ3v) is 4.29. The quantitative estimate of drug-likeness (QED) is 0.685. The topological polar surface area (TPSA) is 50.9 Å². The number of hydrogen-bond acceptors (Lipinski definition) is 4. The van der Waals surface area contributed by atoms with Crippen molar-refractivity contribution >= 4 is 27.8 Å². The maximum atomic E-state index is 5.82. The van der Waals surface area contributed by atoms with E-state index >= 15 is 0 Å². The molecule has 106 valence electrons. The molecule has 3 aromatic rings. The first kappa shape index (κ1) is 13.6. The summed E-state index contributed by atoms with van der Waals surface area (Å²) in [5.74, 6) is 0. The predicted octanol–water partition coefficient (Wildman–Crippen LogP) is 4.75. The Morgan fingerprint density at radius 3 is 2.71 bits per heavy atom. The van der Waals surface area contributed by atoms with Crippen molar-refractivity contribution in [2.24, 2.45) is 0 Å². The lowest BCUT2D eigenvalue weighted by molar-refractivity contribution is 1.31. The number of anilines is 3. The summed E-state index contributed by atoms with van der Waals surface area (Å²) in [6.07, 6.45) is 0. The van der Waals surface area contributed by atoms with Crippen LogP contribution >= 0.6 is 11.3 Å². The summed E-state index contributed by atoms with van der Waals surface area (Å²) in [6.45, 7) is 4.23. The van der Waals surface area contributed by atoms with Gasteiger partial charge in [-0.05, 0) is 43.2 Å². The van der Waals surface area contributed by atoms with Crippen molar-refractivity contribution in [1.29, 1.82) is 0 Å². The van der Waals surface area contributed by atoms with Crippen LogP contribution in [-0.2, 0) is 0 Å². The summed E-state index contributed by atoms with van der Waals surface area (Å²) in [6, 6.07) is 14.0. The first-order valence-electron chi connectivity index (χ1n) is 6.78. The Hall–Kier alpha value is -2.33. The molecule has 0 spiro atoms. The van der Waals surface area contributed by atoms with Crippen LogP contribution < -0.4 is 11.1 Å². The number of rotatable bonds is 3. The van der Waals surface area contributed by atoms with Crippen LogP contribution in [0.3, 0.4) is 0 Å². The van der Waals surface area contributed by atoms with Crippen LogP contribution in [-0.4, -0.2) is 4.98 Å². The normalized spacial score (nSPS) is 10.6. The van der Waals surface area contributed by atoms with E-state index < -0.39 is 0 Å². The molecule has 2 aromatic carbocycles. The van der Waals surface area contributed by atoms with Gasteiger partial charge in [-0.2, -0.15) is 0 Å². The van der Waals surface area contributed by atoms with E-state index in [0.29, 0.717) is 0 Å². The van der Waals surface area contributed by atoms with Crippen LogP contribution in [0.15, 0.2) is 47.8 Å². The summed E-state index contributed by atoms with van der Waals surface area (Å²) in [7, 11) is 0. The second kappa shape index (κ2) is 5.58. The lowest BCUT2D eigenvalue weighted by Gasteiger charge is -2.08. The Morgan fingerprint density at radius 2 is 1.90 bits per heavy atom. The lowest BCUT2D eigenvalue weighted by atomic mass is 10.1. The Labute approximate surface area is 128 Å². The molecule has 0 aliphatic rings. The molecule has 3 nitrogen and oxygen atoms in total. The summed E-state index contributed by atoms with van der Waals surface area (Å²) >= 11 is 1.60. The Bertz CT molecular complexity index is 777. The number of nitrogens with two attached hydrogens (primary N) is 1. The van der Waals surface area contributed by atoms with Gasteiger partial charge in [-0.1, -0.05) is 24.3 Å². The third-order valence-electron chi connectivity index (χ3n) is 3.53. The molecule has 1 heterocycles. The molecule has 0 saturated heterocycles. The van der Waals surface area contributed by atoms with Crippen molar-refractivity contribution in [3.63, 3.8) is 0 Å². The first-order valence-corrected chi connectivity index (χ1v) is 7.66. The van der Waals surface area contributed by atoms with Crippen molar-refractivity contribution in [1.82, 2.24) is 4.98 Å². The van der Waals surface area contributed by atoms with E-state index in [2.05, 4.69) is 42.3 Å². The van der Waals surface area contributed by atoms with Crippen LogP contribution in [0.25, 0.3) is 11.3 Å². The SMILES string of the molecule is Cc1cccc(Nc2nc(-c3cccc(N)c3)cs2)c1C. The number of aryl methyl sites for hydroxylation is 1. The van der Waals surface area contributed by atoms with Crippen molar-refractivity contribution < 1.29 is 0 Å². The molecule has 0 aliphatic heterocycles. The van der Waals surface area contributed by atoms with E-state index in [1.165, 1.54) is 11.1 Å². The highest BCUT2D eigenvalue weighted by Gasteiger charge is 2.07. The minimum atomic E-state index is 0.754. The molecule has 0 atom stereocenters. The van der Waals surface area contributed by atoms with Gasteiger partial charge in [-0.15, -0.1) is 11.3 Å². The van der Waals surface area contributed by atoms with Crippen molar-refractivity contribution in [2.45, 2.75) is 13.8 Å². The standard InChI is InChI=1S/C17H17N3S/c1-11-5-3-8-15(12(11)2)19-17-20-16(10-21-17)13-6-4-7-14(18)9-13/h3-10H,18H2,1-2H3,(H,19,20). The Kier molecular flexibility index (Phi) is 3.62. The average molecular weight is 295 g/mol. The molecule has 0 amide bonds. The maximum Gasteiger partial charge on any atom is 0.187 e. The molecule has 0 radical (unpaired) electrons. The van der Waals surface area contributed by atoms with Gasteiger partial charge in [0.15, 0.2) is 5.13 Å². The van der Waals surface area contributed by atoms with Gasteiger partial charge in [0.25, 0.3) is 0 Å². The van der Waals surface area contributed by atoms with Crippen LogP contribution in [0.2, 0.25) is 0 Å². The van der Waals surface area contributed by atoms with Crippen molar-refractivity contribution in [3.8, 4) is 11.3 Å². The van der Waals surface area contributed by atoms with Crippen molar-refractivity contribution in [2.75, 3.05) is 11.1 Å². The number of aromatic nitrogens is 1. The molecule has 3 rings (SSSR count). The number of nitrogens with one attached hydrogen (secondary N) is 1. The van der Waals surface area contributed by atoms with Gasteiger partial charge >= 0.3 is 0 Å². The second-order valence-corrected chi connectivity index (χ2v) is 5.89. The number of nitrogen functional groups attached to an aromatic ring is 1. The van der Waals surface area contributed by atoms with Gasteiger partial charge in [0.2, 0.25) is 0 Å².